The zero-order valence-corrected chi connectivity index (χ0v) is 12.5. The van der Waals surface area contributed by atoms with Crippen molar-refractivity contribution in [3.05, 3.63) is 48.1 Å². The molecular formula is C17H24N2O2. The Balaban J connectivity index is 2.23. The third-order valence-corrected chi connectivity index (χ3v) is 3.25. The van der Waals surface area contributed by atoms with Crippen LogP contribution in [0, 0.1) is 0 Å². The maximum atomic E-state index is 11.9. The highest BCUT2D eigenvalue weighted by Gasteiger charge is 2.10. The van der Waals surface area contributed by atoms with E-state index in [0.717, 1.165) is 12.8 Å². The molecule has 0 spiro atoms. The van der Waals surface area contributed by atoms with Gasteiger partial charge in [0.15, 0.2) is 0 Å². The van der Waals surface area contributed by atoms with Gasteiger partial charge in [-0.15, -0.1) is 0 Å². The van der Waals surface area contributed by atoms with Gasteiger partial charge in [-0.05, 0) is 31.4 Å². The first-order valence-electron chi connectivity index (χ1n) is 7.43. The average Bonchev–Trinajstić information content (AvgIpc) is 2.45. The number of allylic oxidation sites excluding steroid dienone is 6. The zero-order chi connectivity index (χ0) is 15.5. The molecule has 0 aromatic rings. The summed E-state index contributed by atoms with van der Waals surface area (Å²) < 4.78 is 0. The molecule has 0 aromatic carbocycles. The highest BCUT2D eigenvalue weighted by molar-refractivity contribution is 5.96. The molecule has 0 aliphatic heterocycles. The van der Waals surface area contributed by atoms with Crippen LogP contribution in [0.4, 0.5) is 0 Å². The Hall–Kier alpha value is -1.94. The molecule has 0 radical (unpaired) electrons. The van der Waals surface area contributed by atoms with Crippen molar-refractivity contribution in [2.45, 2.75) is 38.6 Å². The number of hydrogen-bond acceptors (Lipinski definition) is 3. The first-order chi connectivity index (χ1) is 10.1. The predicted octanol–water partition coefficient (Wildman–Crippen LogP) is 2.19. The van der Waals surface area contributed by atoms with Crippen molar-refractivity contribution in [2.75, 3.05) is 6.54 Å². The lowest BCUT2D eigenvalue weighted by molar-refractivity contribution is -0.120. The molecule has 0 saturated heterocycles. The summed E-state index contributed by atoms with van der Waals surface area (Å²) in [6, 6.07) is -0.362. The number of Topliss-reactive ketones (excluding diaryl/α,β-unsaturated/α-hetero) is 1. The SMILES string of the molecule is CCC(=O)C(N)CCCCNC(=O)C1=C/C=C\C=C/C=C\1. The normalized spacial score (nSPS) is 22.1. The molecule has 114 valence electrons. The number of hydrogen-bond donors (Lipinski definition) is 2. The average molecular weight is 288 g/mol. The van der Waals surface area contributed by atoms with E-state index in [1.165, 1.54) is 0 Å². The fourth-order valence-corrected chi connectivity index (χ4v) is 1.93. The summed E-state index contributed by atoms with van der Waals surface area (Å²) in [6.07, 6.45) is 15.7. The molecule has 4 heteroatoms. The fraction of sp³-hybridized carbons (Fsp3) is 0.412. The van der Waals surface area contributed by atoms with Crippen molar-refractivity contribution in [2.24, 2.45) is 5.73 Å². The fourth-order valence-electron chi connectivity index (χ4n) is 1.93. The standard InChI is InChI=1S/C17H24N2O2/c1-2-16(20)15(18)12-8-9-13-19-17(21)14-10-6-4-3-5-7-11-14/h3-7,10-11,15H,2,8-9,12-13,18H2,1H3,(H,19,21)/b4-3-,5-3?,6-4?,7-5-,10-6-,11-7?,14-10?,14-11+. The van der Waals surface area contributed by atoms with Crippen LogP contribution in [0.1, 0.15) is 32.6 Å². The number of carbonyl (C=O) groups is 2. The number of rotatable bonds is 8. The van der Waals surface area contributed by atoms with Crippen LogP contribution in [-0.4, -0.2) is 24.3 Å². The van der Waals surface area contributed by atoms with E-state index in [0.29, 0.717) is 25.0 Å². The minimum Gasteiger partial charge on any atom is -0.352 e. The molecule has 3 N–H and O–H groups in total. The Labute approximate surface area is 126 Å². The highest BCUT2D eigenvalue weighted by atomic mass is 16.1. The Morgan fingerprint density at radius 1 is 1.14 bits per heavy atom. The second-order valence-electron chi connectivity index (χ2n) is 4.93. The van der Waals surface area contributed by atoms with Gasteiger partial charge in [-0.2, -0.15) is 0 Å². The molecule has 4 nitrogen and oxygen atoms in total. The number of unbranched alkanes of at least 4 members (excludes halogenated alkanes) is 1. The summed E-state index contributed by atoms with van der Waals surface area (Å²) in [6.45, 7) is 2.42. The molecule has 1 aliphatic rings. The van der Waals surface area contributed by atoms with Gasteiger partial charge in [-0.25, -0.2) is 0 Å². The van der Waals surface area contributed by atoms with Crippen molar-refractivity contribution in [3.8, 4) is 0 Å². The van der Waals surface area contributed by atoms with Crippen LogP contribution in [0.25, 0.3) is 0 Å². The smallest absolute Gasteiger partial charge is 0.251 e. The largest absolute Gasteiger partial charge is 0.352 e. The van der Waals surface area contributed by atoms with Gasteiger partial charge in [0.25, 0.3) is 5.91 Å². The van der Waals surface area contributed by atoms with Crippen LogP contribution >= 0.6 is 0 Å². The van der Waals surface area contributed by atoms with E-state index < -0.39 is 0 Å². The van der Waals surface area contributed by atoms with Crippen molar-refractivity contribution in [3.63, 3.8) is 0 Å². The third kappa shape index (κ3) is 6.86. The van der Waals surface area contributed by atoms with Gasteiger partial charge in [0.1, 0.15) is 5.78 Å². The molecule has 0 aromatic heterocycles. The van der Waals surface area contributed by atoms with Gasteiger partial charge in [0.2, 0.25) is 0 Å². The van der Waals surface area contributed by atoms with Gasteiger partial charge in [-0.1, -0.05) is 37.3 Å². The number of nitrogens with two attached hydrogens (primary N) is 1. The molecule has 1 amide bonds. The Bertz CT molecular complexity index is 473. The van der Waals surface area contributed by atoms with E-state index in [1.807, 2.05) is 37.3 Å². The number of ketones is 1. The topological polar surface area (TPSA) is 72.2 Å². The molecule has 21 heavy (non-hydrogen) atoms. The van der Waals surface area contributed by atoms with E-state index in [2.05, 4.69) is 5.32 Å². The number of nitrogens with one attached hydrogen (secondary N) is 1. The molecule has 0 fully saturated rings. The van der Waals surface area contributed by atoms with E-state index in [9.17, 15) is 9.59 Å². The summed E-state index contributed by atoms with van der Waals surface area (Å²) in [5, 5.41) is 2.88. The Morgan fingerprint density at radius 3 is 2.62 bits per heavy atom. The monoisotopic (exact) mass is 288 g/mol. The maximum Gasteiger partial charge on any atom is 0.251 e. The summed E-state index contributed by atoms with van der Waals surface area (Å²) in [5.41, 5.74) is 6.38. The molecular weight excluding hydrogens is 264 g/mol. The molecule has 0 heterocycles. The van der Waals surface area contributed by atoms with Crippen LogP contribution in [0.3, 0.4) is 0 Å². The highest BCUT2D eigenvalue weighted by Crippen LogP contribution is 2.04. The third-order valence-electron chi connectivity index (χ3n) is 3.25. The summed E-state index contributed by atoms with van der Waals surface area (Å²) in [5.74, 6) is 0.0174. The van der Waals surface area contributed by atoms with Crippen molar-refractivity contribution in [1.82, 2.24) is 5.32 Å². The van der Waals surface area contributed by atoms with E-state index >= 15 is 0 Å². The Morgan fingerprint density at radius 2 is 1.86 bits per heavy atom. The van der Waals surface area contributed by atoms with E-state index in [4.69, 9.17) is 5.73 Å². The number of carbonyl (C=O) groups excluding carboxylic acids is 2. The van der Waals surface area contributed by atoms with Crippen LogP contribution in [0.5, 0.6) is 0 Å². The van der Waals surface area contributed by atoms with Crippen LogP contribution in [0.2, 0.25) is 0 Å². The van der Waals surface area contributed by atoms with Crippen molar-refractivity contribution in [1.29, 1.82) is 0 Å². The summed E-state index contributed by atoms with van der Waals surface area (Å²) in [7, 11) is 0. The molecule has 0 bridgehead atoms. The van der Waals surface area contributed by atoms with Gasteiger partial charge < -0.3 is 11.1 Å². The van der Waals surface area contributed by atoms with Crippen molar-refractivity contribution >= 4 is 11.7 Å². The van der Waals surface area contributed by atoms with Gasteiger partial charge in [-0.3, -0.25) is 9.59 Å². The minimum atomic E-state index is -0.362. The first-order valence-corrected chi connectivity index (χ1v) is 7.43. The first kappa shape index (κ1) is 17.1. The molecule has 0 saturated carbocycles. The zero-order valence-electron chi connectivity index (χ0n) is 12.5. The number of amides is 1. The van der Waals surface area contributed by atoms with Crippen LogP contribution in [0.15, 0.2) is 48.1 Å². The maximum absolute atomic E-state index is 11.9. The predicted molar refractivity (Wildman–Crippen MR) is 85.6 cm³/mol. The summed E-state index contributed by atoms with van der Waals surface area (Å²) >= 11 is 0. The van der Waals surface area contributed by atoms with E-state index in [-0.39, 0.29) is 17.7 Å². The summed E-state index contributed by atoms with van der Waals surface area (Å²) in [4.78, 5) is 23.3. The lowest BCUT2D eigenvalue weighted by Gasteiger charge is -2.09. The minimum absolute atomic E-state index is 0.0832. The second-order valence-corrected chi connectivity index (χ2v) is 4.93. The molecule has 1 atom stereocenters. The van der Waals surface area contributed by atoms with Gasteiger partial charge in [0.05, 0.1) is 6.04 Å². The van der Waals surface area contributed by atoms with Crippen molar-refractivity contribution < 1.29 is 9.59 Å². The van der Waals surface area contributed by atoms with Gasteiger partial charge >= 0.3 is 0 Å². The molecule has 1 rings (SSSR count). The lowest BCUT2D eigenvalue weighted by Crippen LogP contribution is -2.30. The quantitative estimate of drug-likeness (QED) is 0.672. The molecule has 1 unspecified atom stereocenters. The van der Waals surface area contributed by atoms with Gasteiger partial charge in [0, 0.05) is 18.5 Å². The van der Waals surface area contributed by atoms with E-state index in [1.54, 1.807) is 12.2 Å². The Kier molecular flexibility index (Phi) is 8.05. The second kappa shape index (κ2) is 9.88. The lowest BCUT2D eigenvalue weighted by atomic mass is 10.0. The molecule has 1 aliphatic carbocycles. The van der Waals surface area contributed by atoms with Crippen LogP contribution in [-0.2, 0) is 9.59 Å². The van der Waals surface area contributed by atoms with Crippen LogP contribution < -0.4 is 11.1 Å².